The molecule has 0 rings (SSSR count). The van der Waals surface area contributed by atoms with Crippen molar-refractivity contribution in [3.63, 3.8) is 0 Å². The average Bonchev–Trinajstić information content (AvgIpc) is 0. The zero-order valence-corrected chi connectivity index (χ0v) is 8.38. The van der Waals surface area contributed by atoms with Crippen molar-refractivity contribution in [3.05, 3.63) is 0 Å². The molecule has 0 heterocycles. The van der Waals surface area contributed by atoms with Crippen molar-refractivity contribution in [3.8, 4) is 0 Å². The summed E-state index contributed by atoms with van der Waals surface area (Å²) in [7, 11) is 0. The van der Waals surface area contributed by atoms with E-state index in [2.05, 4.69) is 0 Å². The van der Waals surface area contributed by atoms with Crippen LogP contribution in [0, 0.1) is 0 Å². The summed E-state index contributed by atoms with van der Waals surface area (Å²) in [5.74, 6) is 0. The Bertz CT molecular complexity index is 6.00. The molecule has 0 aromatic rings. The summed E-state index contributed by atoms with van der Waals surface area (Å²) in [4.78, 5) is 0. The Labute approximate surface area is 81.8 Å². The van der Waals surface area contributed by atoms with Gasteiger partial charge in [0, 0.05) is 83.1 Å². The molecule has 0 fully saturated rings. The molecule has 0 aliphatic carbocycles. The van der Waals surface area contributed by atoms with Gasteiger partial charge in [-0.05, 0) is 0 Å². The van der Waals surface area contributed by atoms with Crippen LogP contribution < -0.4 is 0 Å². The molecule has 0 unspecified atom stereocenters. The molecule has 4 heavy (non-hydrogen) atoms. The minimum Gasteiger partial charge on any atom is 0 e. The Kier molecular flexibility index (Phi) is 129. The Morgan fingerprint density at radius 3 is 0.750 bits per heavy atom. The maximum atomic E-state index is 0. The van der Waals surface area contributed by atoms with Gasteiger partial charge in [0.05, 0.1) is 0 Å². The van der Waals surface area contributed by atoms with Crippen LogP contribution >= 0.6 is 0 Å². The van der Waals surface area contributed by atoms with Gasteiger partial charge in [-0.2, -0.15) is 0 Å². The largest absolute Gasteiger partial charge is 0 e. The molecule has 0 N–H and O–H groups in total. The number of hydrogen-bond donors (Lipinski definition) is 0. The summed E-state index contributed by atoms with van der Waals surface area (Å²) < 4.78 is 0. The van der Waals surface area contributed by atoms with E-state index in [0.717, 1.165) is 0 Å². The third-order valence-electron chi connectivity index (χ3n) is 0. The van der Waals surface area contributed by atoms with Gasteiger partial charge in [-0.1, -0.05) is 0 Å². The van der Waals surface area contributed by atoms with Crippen molar-refractivity contribution < 1.29 is 83.1 Å². The monoisotopic (exact) mass is 245 g/mol. The first kappa shape index (κ1) is 29.9. The van der Waals surface area contributed by atoms with Crippen molar-refractivity contribution >= 4 is 0 Å². The molecule has 0 aliphatic heterocycles. The fourth-order valence-corrected chi connectivity index (χ4v) is 0. The molecule has 0 saturated carbocycles. The van der Waals surface area contributed by atoms with Crippen LogP contribution in [0.5, 0.6) is 0 Å². The first-order chi connectivity index (χ1) is 0. The topological polar surface area (TPSA) is 0 Å². The molecule has 19 valence electrons. The second-order valence-electron chi connectivity index (χ2n) is 0. The first-order valence-corrected chi connectivity index (χ1v) is 0. The number of hydrogen-bond acceptors (Lipinski definition) is 0. The van der Waals surface area contributed by atoms with E-state index in [0.29, 0.717) is 0 Å². The second kappa shape index (κ2) is 17.3. The van der Waals surface area contributed by atoms with Gasteiger partial charge in [0.25, 0.3) is 0 Å². The maximum absolute atomic E-state index is 0. The fraction of sp³-hybridized carbons (Fsp3) is 0. The van der Waals surface area contributed by atoms with Crippen LogP contribution in [0.3, 0.4) is 0 Å². The van der Waals surface area contributed by atoms with Crippen LogP contribution in [-0.4, -0.2) is 0 Å². The van der Waals surface area contributed by atoms with E-state index in [1.54, 1.807) is 0 Å². The quantitative estimate of drug-likeness (QED) is 0.524. The zero-order valence-electron chi connectivity index (χ0n) is 1.86. The molecule has 0 atom stereocenters. The van der Waals surface area contributed by atoms with Gasteiger partial charge in [-0.15, -0.1) is 0 Å². The smallest absolute Gasteiger partial charge is 0 e. The predicted octanol–water partition coefficient (Wildman–Crippen LogP) is -0.0100. The minimum atomic E-state index is 0. The van der Waals surface area contributed by atoms with Crippen LogP contribution in [-0.2, 0) is 83.1 Å². The van der Waals surface area contributed by atoms with Crippen LogP contribution in [0.15, 0.2) is 0 Å². The van der Waals surface area contributed by atoms with Gasteiger partial charge in [0.15, 0.2) is 0 Å². The standard InChI is InChI=1S/Mo.2Ti.V. The van der Waals surface area contributed by atoms with E-state index >= 15 is 0 Å². The summed E-state index contributed by atoms with van der Waals surface area (Å²) in [6, 6.07) is 0. The van der Waals surface area contributed by atoms with Crippen LogP contribution in [0.4, 0.5) is 0 Å². The van der Waals surface area contributed by atoms with E-state index < -0.39 is 0 Å². The molecule has 0 bridgehead atoms. The SMILES string of the molecule is [Mo].[Ti].[Ti].[V]. The molecular weight excluding hydrogens is 243 g/mol. The Morgan fingerprint density at radius 1 is 0.750 bits per heavy atom. The second-order valence-corrected chi connectivity index (χ2v) is 0. The van der Waals surface area contributed by atoms with Crippen LogP contribution in [0.1, 0.15) is 0 Å². The molecule has 0 spiro atoms. The Hall–Kier alpha value is 2.70. The van der Waals surface area contributed by atoms with Gasteiger partial charge in [-0.25, -0.2) is 0 Å². The Balaban J connectivity index is 0. The normalized spacial score (nSPS) is 0. The van der Waals surface area contributed by atoms with Crippen molar-refractivity contribution in [1.82, 2.24) is 0 Å². The van der Waals surface area contributed by atoms with E-state index in [4.69, 9.17) is 0 Å². The number of rotatable bonds is 0. The van der Waals surface area contributed by atoms with Crippen molar-refractivity contribution in [1.29, 1.82) is 0 Å². The van der Waals surface area contributed by atoms with Gasteiger partial charge < -0.3 is 0 Å². The summed E-state index contributed by atoms with van der Waals surface area (Å²) in [6.45, 7) is 0. The van der Waals surface area contributed by atoms with E-state index in [9.17, 15) is 0 Å². The van der Waals surface area contributed by atoms with Crippen molar-refractivity contribution in [2.75, 3.05) is 0 Å². The molecule has 0 saturated heterocycles. The van der Waals surface area contributed by atoms with Crippen LogP contribution in [0.2, 0.25) is 0 Å². The molecule has 0 aliphatic rings. The molecule has 0 nitrogen and oxygen atoms in total. The van der Waals surface area contributed by atoms with Gasteiger partial charge in [-0.3, -0.25) is 0 Å². The molecular formula is MoTi2V. The van der Waals surface area contributed by atoms with E-state index in [1.165, 1.54) is 0 Å². The molecule has 4 heteroatoms. The summed E-state index contributed by atoms with van der Waals surface area (Å²) in [5.41, 5.74) is 0. The van der Waals surface area contributed by atoms with Gasteiger partial charge >= 0.3 is 0 Å². The predicted molar refractivity (Wildman–Crippen MR) is 0 cm³/mol. The zero-order chi connectivity index (χ0) is 0. The van der Waals surface area contributed by atoms with E-state index in [1.807, 2.05) is 0 Å². The van der Waals surface area contributed by atoms with Crippen LogP contribution in [0.25, 0.3) is 0 Å². The van der Waals surface area contributed by atoms with Gasteiger partial charge in [0.1, 0.15) is 0 Å². The third kappa shape index (κ3) is 8.83. The maximum Gasteiger partial charge on any atom is 0 e. The molecule has 1 radical (unpaired) electrons. The molecule has 0 aromatic heterocycles. The average molecular weight is 243 g/mol. The first-order valence-electron chi connectivity index (χ1n) is 0. The summed E-state index contributed by atoms with van der Waals surface area (Å²) in [6.07, 6.45) is 0. The third-order valence-corrected chi connectivity index (χ3v) is 0. The van der Waals surface area contributed by atoms with Crippen molar-refractivity contribution in [2.45, 2.75) is 0 Å². The summed E-state index contributed by atoms with van der Waals surface area (Å²) in [5, 5.41) is 0. The fourth-order valence-electron chi connectivity index (χ4n) is 0. The summed E-state index contributed by atoms with van der Waals surface area (Å²) >= 11 is 0. The van der Waals surface area contributed by atoms with E-state index in [-0.39, 0.29) is 83.1 Å². The minimum absolute atomic E-state index is 0. The molecule has 0 amide bonds. The molecule has 0 aromatic carbocycles. The van der Waals surface area contributed by atoms with Crippen molar-refractivity contribution in [2.24, 2.45) is 0 Å². The van der Waals surface area contributed by atoms with Gasteiger partial charge in [0.2, 0.25) is 0 Å². The Morgan fingerprint density at radius 2 is 0.750 bits per heavy atom.